The van der Waals surface area contributed by atoms with E-state index in [0.29, 0.717) is 12.0 Å². The van der Waals surface area contributed by atoms with Crippen LogP contribution in [0, 0.1) is 5.92 Å². The predicted octanol–water partition coefficient (Wildman–Crippen LogP) is -0.176. The summed E-state index contributed by atoms with van der Waals surface area (Å²) in [6, 6.07) is 0.491. The van der Waals surface area contributed by atoms with E-state index in [-0.39, 0.29) is 0 Å². The zero-order valence-corrected chi connectivity index (χ0v) is 7.09. The third kappa shape index (κ3) is 2.38. The molecule has 0 aromatic rings. The molecule has 1 saturated carbocycles. The van der Waals surface area contributed by atoms with E-state index in [4.69, 9.17) is 5.84 Å². The highest BCUT2D eigenvalue weighted by molar-refractivity contribution is 5.79. The van der Waals surface area contributed by atoms with Crippen LogP contribution in [0.1, 0.15) is 19.8 Å². The summed E-state index contributed by atoms with van der Waals surface area (Å²) < 4.78 is 0. The van der Waals surface area contributed by atoms with Gasteiger partial charge in [0.15, 0.2) is 0 Å². The van der Waals surface area contributed by atoms with Gasteiger partial charge in [-0.3, -0.25) is 10.4 Å². The summed E-state index contributed by atoms with van der Waals surface area (Å²) in [4.78, 5) is 3.93. The van der Waals surface area contributed by atoms with Crippen LogP contribution in [0.4, 0.5) is 0 Å². The third-order valence-corrected chi connectivity index (χ3v) is 2.05. The topological polar surface area (TPSA) is 62.4 Å². The maximum Gasteiger partial charge on any atom is 0.205 e. The summed E-state index contributed by atoms with van der Waals surface area (Å²) in [6.45, 7) is 2.15. The van der Waals surface area contributed by atoms with Crippen LogP contribution in [0.5, 0.6) is 0 Å². The highest BCUT2D eigenvalue weighted by atomic mass is 15.3. The summed E-state index contributed by atoms with van der Waals surface area (Å²) in [5.74, 6) is 6.70. The summed E-state index contributed by atoms with van der Waals surface area (Å²) >= 11 is 0. The van der Waals surface area contributed by atoms with Crippen LogP contribution >= 0.6 is 0 Å². The van der Waals surface area contributed by atoms with Crippen molar-refractivity contribution in [2.45, 2.75) is 25.8 Å². The number of nitrogens with zero attached hydrogens (tertiary/aromatic N) is 1. The molecule has 0 aromatic carbocycles. The molecule has 0 heterocycles. The molecule has 0 bridgehead atoms. The molecule has 11 heavy (non-hydrogen) atoms. The van der Waals surface area contributed by atoms with E-state index < -0.39 is 0 Å². The summed E-state index contributed by atoms with van der Waals surface area (Å²) in [5, 5.41) is 3.19. The molecule has 64 valence electrons. The maximum atomic E-state index is 5.21. The minimum atomic E-state index is 0.491. The Morgan fingerprint density at radius 3 is 2.64 bits per heavy atom. The van der Waals surface area contributed by atoms with E-state index in [1.165, 1.54) is 12.8 Å². The molecule has 0 amide bonds. The monoisotopic (exact) mass is 156 g/mol. The van der Waals surface area contributed by atoms with Crippen molar-refractivity contribution in [1.29, 1.82) is 0 Å². The zero-order valence-electron chi connectivity index (χ0n) is 7.09. The van der Waals surface area contributed by atoms with Crippen molar-refractivity contribution >= 4 is 5.96 Å². The lowest BCUT2D eigenvalue weighted by Crippen LogP contribution is -2.46. The molecule has 1 aliphatic carbocycles. The number of guanidine groups is 1. The molecule has 1 atom stereocenters. The first kappa shape index (κ1) is 8.33. The Balaban J connectivity index is 2.26. The molecular formula is C7H16N4. The average molecular weight is 156 g/mol. The van der Waals surface area contributed by atoms with Crippen LogP contribution in [0.25, 0.3) is 0 Å². The molecule has 0 aromatic heterocycles. The number of hydrazine groups is 1. The van der Waals surface area contributed by atoms with Gasteiger partial charge >= 0.3 is 0 Å². The van der Waals surface area contributed by atoms with Gasteiger partial charge in [-0.25, -0.2) is 5.84 Å². The second-order valence-corrected chi connectivity index (χ2v) is 2.99. The van der Waals surface area contributed by atoms with Crippen molar-refractivity contribution in [3.05, 3.63) is 0 Å². The van der Waals surface area contributed by atoms with E-state index >= 15 is 0 Å². The van der Waals surface area contributed by atoms with Crippen LogP contribution in [0.15, 0.2) is 4.99 Å². The standard InChI is InChI=1S/C7H16N4/c1-5(6-3-4-6)10-7(9-2)11-8/h5-6H,3-4,8H2,1-2H3,(H2,9,10,11). The summed E-state index contributed by atoms with van der Waals surface area (Å²) in [7, 11) is 1.71. The average Bonchev–Trinajstić information content (AvgIpc) is 2.81. The minimum absolute atomic E-state index is 0.491. The normalized spacial score (nSPS) is 21.2. The quantitative estimate of drug-likeness (QED) is 0.225. The number of hydrogen-bond donors (Lipinski definition) is 3. The Morgan fingerprint density at radius 2 is 2.27 bits per heavy atom. The van der Waals surface area contributed by atoms with Gasteiger partial charge in [-0.15, -0.1) is 0 Å². The van der Waals surface area contributed by atoms with E-state index in [1.54, 1.807) is 7.05 Å². The molecule has 0 radical (unpaired) electrons. The van der Waals surface area contributed by atoms with Crippen molar-refractivity contribution in [2.75, 3.05) is 7.05 Å². The number of rotatable bonds is 2. The maximum absolute atomic E-state index is 5.21. The van der Waals surface area contributed by atoms with Gasteiger partial charge in [0, 0.05) is 13.1 Å². The molecule has 0 aliphatic heterocycles. The number of nitrogens with two attached hydrogens (primary N) is 1. The van der Waals surface area contributed by atoms with E-state index in [1.807, 2.05) is 0 Å². The number of aliphatic imine (C=N–C) groups is 1. The first-order chi connectivity index (χ1) is 5.27. The molecule has 4 nitrogen and oxygen atoms in total. The Labute approximate surface area is 67.2 Å². The molecule has 4 N–H and O–H groups in total. The zero-order chi connectivity index (χ0) is 8.27. The van der Waals surface area contributed by atoms with E-state index in [9.17, 15) is 0 Å². The Hall–Kier alpha value is -0.770. The highest BCUT2D eigenvalue weighted by Crippen LogP contribution is 2.32. The predicted molar refractivity (Wildman–Crippen MR) is 46.0 cm³/mol. The van der Waals surface area contributed by atoms with E-state index in [2.05, 4.69) is 22.7 Å². The summed E-state index contributed by atoms with van der Waals surface area (Å²) in [6.07, 6.45) is 2.66. The van der Waals surface area contributed by atoms with Crippen LogP contribution in [-0.4, -0.2) is 19.0 Å². The SMILES string of the molecule is CN=C(NN)NC(C)C1CC1. The Morgan fingerprint density at radius 1 is 1.64 bits per heavy atom. The molecule has 1 unspecified atom stereocenters. The van der Waals surface area contributed by atoms with Gasteiger partial charge < -0.3 is 5.32 Å². The van der Waals surface area contributed by atoms with Crippen molar-refractivity contribution < 1.29 is 0 Å². The third-order valence-electron chi connectivity index (χ3n) is 2.05. The fraction of sp³-hybridized carbons (Fsp3) is 0.857. The minimum Gasteiger partial charge on any atom is -0.353 e. The number of hydrogen-bond acceptors (Lipinski definition) is 2. The van der Waals surface area contributed by atoms with Crippen molar-refractivity contribution in [1.82, 2.24) is 10.7 Å². The van der Waals surface area contributed by atoms with Crippen molar-refractivity contribution in [2.24, 2.45) is 16.8 Å². The van der Waals surface area contributed by atoms with Gasteiger partial charge in [-0.05, 0) is 25.7 Å². The van der Waals surface area contributed by atoms with Gasteiger partial charge in [0.1, 0.15) is 0 Å². The van der Waals surface area contributed by atoms with Gasteiger partial charge in [0.25, 0.3) is 0 Å². The van der Waals surface area contributed by atoms with Crippen LogP contribution in [-0.2, 0) is 0 Å². The lowest BCUT2D eigenvalue weighted by molar-refractivity contribution is 0.576. The Bertz CT molecular complexity index is 151. The number of nitrogens with one attached hydrogen (secondary N) is 2. The lowest BCUT2D eigenvalue weighted by Gasteiger charge is -2.14. The molecule has 1 rings (SSSR count). The fourth-order valence-electron chi connectivity index (χ4n) is 1.10. The second kappa shape index (κ2) is 3.57. The molecule has 1 aliphatic rings. The van der Waals surface area contributed by atoms with E-state index in [0.717, 1.165) is 5.92 Å². The van der Waals surface area contributed by atoms with Crippen LogP contribution in [0.2, 0.25) is 0 Å². The molecule has 0 spiro atoms. The van der Waals surface area contributed by atoms with Crippen molar-refractivity contribution in [3.8, 4) is 0 Å². The van der Waals surface area contributed by atoms with Gasteiger partial charge in [0.05, 0.1) is 0 Å². The van der Waals surface area contributed by atoms with Gasteiger partial charge in [-0.2, -0.15) is 0 Å². The molecular weight excluding hydrogens is 140 g/mol. The smallest absolute Gasteiger partial charge is 0.205 e. The fourth-order valence-corrected chi connectivity index (χ4v) is 1.10. The molecule has 1 fully saturated rings. The Kier molecular flexibility index (Phi) is 2.70. The largest absolute Gasteiger partial charge is 0.353 e. The first-order valence-corrected chi connectivity index (χ1v) is 3.98. The summed E-state index contributed by atoms with van der Waals surface area (Å²) in [5.41, 5.74) is 2.50. The second-order valence-electron chi connectivity index (χ2n) is 2.99. The van der Waals surface area contributed by atoms with Crippen LogP contribution < -0.4 is 16.6 Å². The highest BCUT2D eigenvalue weighted by Gasteiger charge is 2.28. The lowest BCUT2D eigenvalue weighted by atomic mass is 10.2. The first-order valence-electron chi connectivity index (χ1n) is 3.98. The van der Waals surface area contributed by atoms with Gasteiger partial charge in [0.2, 0.25) is 5.96 Å². The van der Waals surface area contributed by atoms with Gasteiger partial charge in [-0.1, -0.05) is 0 Å². The van der Waals surface area contributed by atoms with Crippen LogP contribution in [0.3, 0.4) is 0 Å². The molecule has 4 heteroatoms. The molecule has 0 saturated heterocycles. The van der Waals surface area contributed by atoms with Crippen molar-refractivity contribution in [3.63, 3.8) is 0 Å².